The van der Waals surface area contributed by atoms with E-state index in [2.05, 4.69) is 10.2 Å². The quantitative estimate of drug-likeness (QED) is 0.576. The van der Waals surface area contributed by atoms with E-state index in [1.54, 1.807) is 0 Å². The van der Waals surface area contributed by atoms with Crippen molar-refractivity contribution in [3.63, 3.8) is 0 Å². The van der Waals surface area contributed by atoms with Gasteiger partial charge in [0.25, 0.3) is 0 Å². The minimum atomic E-state index is -0.0406. The van der Waals surface area contributed by atoms with Gasteiger partial charge >= 0.3 is 0 Å². The highest BCUT2D eigenvalue weighted by atomic mass is 16.5. The number of nitrogens with one attached hydrogen (secondary N) is 1. The number of amidine groups is 1. The van der Waals surface area contributed by atoms with Crippen LogP contribution in [0.3, 0.4) is 0 Å². The maximum absolute atomic E-state index is 7.49. The van der Waals surface area contributed by atoms with Crippen molar-refractivity contribution < 1.29 is 4.74 Å². The van der Waals surface area contributed by atoms with Gasteiger partial charge < -0.3 is 10.5 Å². The van der Waals surface area contributed by atoms with Crippen molar-refractivity contribution in [1.82, 2.24) is 10.2 Å². The van der Waals surface area contributed by atoms with E-state index in [1.165, 1.54) is 0 Å². The van der Waals surface area contributed by atoms with Gasteiger partial charge in [-0.05, 0) is 33.3 Å². The molecule has 0 amide bonds. The summed E-state index contributed by atoms with van der Waals surface area (Å²) in [4.78, 5) is 0. The molecule has 0 aliphatic heterocycles. The fourth-order valence-electron chi connectivity index (χ4n) is 1.21. The fourth-order valence-corrected chi connectivity index (χ4v) is 1.21. The summed E-state index contributed by atoms with van der Waals surface area (Å²) in [5.74, 6) is 0.293. The van der Waals surface area contributed by atoms with Gasteiger partial charge in [-0.3, -0.25) is 5.41 Å². The first-order valence-electron chi connectivity index (χ1n) is 4.78. The summed E-state index contributed by atoms with van der Waals surface area (Å²) in [5, 5.41) is 15.3. The predicted octanol–water partition coefficient (Wildman–Crippen LogP) is 1.16. The number of aryl methyl sites for hydroxylation is 1. The van der Waals surface area contributed by atoms with Crippen LogP contribution in [-0.4, -0.2) is 22.1 Å². The van der Waals surface area contributed by atoms with E-state index in [1.807, 2.05) is 27.7 Å². The topological polar surface area (TPSA) is 84.9 Å². The van der Waals surface area contributed by atoms with Gasteiger partial charge in [0.2, 0.25) is 5.88 Å². The number of rotatable bonds is 3. The molecule has 5 nitrogen and oxygen atoms in total. The average Bonchev–Trinajstić information content (AvgIpc) is 2.10. The molecule has 0 aliphatic carbocycles. The lowest BCUT2D eigenvalue weighted by atomic mass is 10.1. The average molecular weight is 208 g/mol. The molecule has 0 aliphatic rings. The van der Waals surface area contributed by atoms with Gasteiger partial charge in [0, 0.05) is 0 Å². The number of aromatic nitrogens is 2. The first kappa shape index (κ1) is 11.4. The van der Waals surface area contributed by atoms with Gasteiger partial charge in [0.1, 0.15) is 5.84 Å². The molecule has 0 unspecified atom stereocenters. The molecule has 1 aromatic heterocycles. The van der Waals surface area contributed by atoms with Crippen LogP contribution in [0.15, 0.2) is 0 Å². The van der Waals surface area contributed by atoms with Gasteiger partial charge in [-0.1, -0.05) is 0 Å². The molecule has 1 rings (SSSR count). The molecule has 1 heterocycles. The number of hydrogen-bond acceptors (Lipinski definition) is 4. The first-order valence-corrected chi connectivity index (χ1v) is 4.78. The highest BCUT2D eigenvalue weighted by Crippen LogP contribution is 2.20. The van der Waals surface area contributed by atoms with Crippen molar-refractivity contribution in [3.05, 3.63) is 16.8 Å². The number of nitrogens with zero attached hydrogens (tertiary/aromatic N) is 2. The summed E-state index contributed by atoms with van der Waals surface area (Å²) < 4.78 is 5.45. The summed E-state index contributed by atoms with van der Waals surface area (Å²) in [6, 6.07) is 0. The second-order valence-electron chi connectivity index (χ2n) is 3.67. The van der Waals surface area contributed by atoms with Gasteiger partial charge in [0.15, 0.2) is 0 Å². The van der Waals surface area contributed by atoms with Crippen LogP contribution in [0.1, 0.15) is 30.7 Å². The van der Waals surface area contributed by atoms with Gasteiger partial charge in [-0.15, -0.1) is 5.10 Å². The number of nitrogen functional groups attached to an aromatic ring is 1. The van der Waals surface area contributed by atoms with Crippen molar-refractivity contribution >= 4 is 5.84 Å². The molecule has 0 bridgehead atoms. The zero-order valence-electron chi connectivity index (χ0n) is 9.46. The summed E-state index contributed by atoms with van der Waals surface area (Å²) >= 11 is 0. The Morgan fingerprint density at radius 1 is 1.33 bits per heavy atom. The Morgan fingerprint density at radius 3 is 2.40 bits per heavy atom. The van der Waals surface area contributed by atoms with Gasteiger partial charge in [-0.2, -0.15) is 5.10 Å². The van der Waals surface area contributed by atoms with E-state index in [0.717, 1.165) is 11.3 Å². The molecule has 1 aromatic rings. The van der Waals surface area contributed by atoms with Crippen LogP contribution in [-0.2, 0) is 0 Å². The second-order valence-corrected chi connectivity index (χ2v) is 3.67. The second kappa shape index (κ2) is 4.25. The fraction of sp³-hybridized carbons (Fsp3) is 0.500. The molecule has 0 radical (unpaired) electrons. The Bertz CT molecular complexity index is 387. The van der Waals surface area contributed by atoms with E-state index >= 15 is 0 Å². The van der Waals surface area contributed by atoms with Crippen LogP contribution in [0, 0.1) is 19.3 Å². The zero-order valence-corrected chi connectivity index (χ0v) is 9.46. The molecule has 82 valence electrons. The lowest BCUT2D eigenvalue weighted by molar-refractivity contribution is 0.229. The van der Waals surface area contributed by atoms with Crippen LogP contribution in [0.2, 0.25) is 0 Å². The lowest BCUT2D eigenvalue weighted by Gasteiger charge is -2.14. The smallest absolute Gasteiger partial charge is 0.245 e. The van der Waals surface area contributed by atoms with Crippen LogP contribution >= 0.6 is 0 Å². The van der Waals surface area contributed by atoms with Crippen molar-refractivity contribution in [2.24, 2.45) is 5.73 Å². The minimum absolute atomic E-state index is 0.0143. The van der Waals surface area contributed by atoms with Gasteiger partial charge in [-0.25, -0.2) is 0 Å². The maximum Gasteiger partial charge on any atom is 0.245 e. The monoisotopic (exact) mass is 208 g/mol. The van der Waals surface area contributed by atoms with Crippen molar-refractivity contribution in [2.75, 3.05) is 0 Å². The van der Waals surface area contributed by atoms with Gasteiger partial charge in [0.05, 0.1) is 17.4 Å². The highest BCUT2D eigenvalue weighted by Gasteiger charge is 2.15. The van der Waals surface area contributed by atoms with E-state index in [4.69, 9.17) is 15.9 Å². The van der Waals surface area contributed by atoms with Crippen LogP contribution in [0.5, 0.6) is 5.88 Å². The molecular formula is C10H16N4O. The molecule has 0 saturated heterocycles. The summed E-state index contributed by atoms with van der Waals surface area (Å²) in [7, 11) is 0. The Morgan fingerprint density at radius 2 is 1.93 bits per heavy atom. The number of ether oxygens (including phenoxy) is 1. The lowest BCUT2D eigenvalue weighted by Crippen LogP contribution is -2.19. The summed E-state index contributed by atoms with van der Waals surface area (Å²) in [6.45, 7) is 7.46. The molecule has 3 N–H and O–H groups in total. The van der Waals surface area contributed by atoms with E-state index in [9.17, 15) is 0 Å². The van der Waals surface area contributed by atoms with E-state index in [-0.39, 0.29) is 11.9 Å². The number of nitrogens with two attached hydrogens (primary N) is 1. The maximum atomic E-state index is 7.49. The molecule has 5 heteroatoms. The van der Waals surface area contributed by atoms with Crippen molar-refractivity contribution in [3.8, 4) is 5.88 Å². The molecule has 0 fully saturated rings. The third-order valence-corrected chi connectivity index (χ3v) is 2.04. The van der Waals surface area contributed by atoms with Crippen LogP contribution in [0.25, 0.3) is 0 Å². The molecule has 0 atom stereocenters. The summed E-state index contributed by atoms with van der Waals surface area (Å²) in [6.07, 6.45) is -0.0143. The molecular weight excluding hydrogens is 192 g/mol. The number of hydrogen-bond donors (Lipinski definition) is 2. The summed E-state index contributed by atoms with van der Waals surface area (Å²) in [5.41, 5.74) is 7.64. The van der Waals surface area contributed by atoms with Crippen molar-refractivity contribution in [2.45, 2.75) is 33.8 Å². The molecule has 0 aromatic carbocycles. The Kier molecular flexibility index (Phi) is 3.24. The van der Waals surface area contributed by atoms with E-state index < -0.39 is 0 Å². The standard InChI is InChI=1S/C10H16N4O/c1-5(2)15-10-8(9(11)12)6(3)7(4)13-14-10/h5H,1-4H3,(H3,11,12). The molecule has 0 spiro atoms. The van der Waals surface area contributed by atoms with E-state index in [0.29, 0.717) is 11.4 Å². The van der Waals surface area contributed by atoms with Crippen molar-refractivity contribution in [1.29, 1.82) is 5.41 Å². The first-order chi connectivity index (χ1) is 6.93. The predicted molar refractivity (Wildman–Crippen MR) is 58.3 cm³/mol. The normalized spacial score (nSPS) is 10.5. The zero-order chi connectivity index (χ0) is 11.6. The highest BCUT2D eigenvalue weighted by molar-refractivity contribution is 5.98. The molecule has 15 heavy (non-hydrogen) atoms. The third kappa shape index (κ3) is 2.43. The molecule has 0 saturated carbocycles. The Balaban J connectivity index is 3.27. The van der Waals surface area contributed by atoms with Crippen LogP contribution < -0.4 is 10.5 Å². The SMILES string of the molecule is Cc1nnc(OC(C)C)c(C(=N)N)c1C. The minimum Gasteiger partial charge on any atom is -0.473 e. The Hall–Kier alpha value is -1.65. The Labute approximate surface area is 89.2 Å². The third-order valence-electron chi connectivity index (χ3n) is 2.04. The van der Waals surface area contributed by atoms with Crippen LogP contribution in [0.4, 0.5) is 0 Å². The largest absolute Gasteiger partial charge is 0.473 e.